The summed E-state index contributed by atoms with van der Waals surface area (Å²) in [7, 11) is 4.00. The number of pyridine rings is 3. The lowest BCUT2D eigenvalue weighted by Gasteiger charge is -2.12. The van der Waals surface area contributed by atoms with E-state index >= 15 is 0 Å². The maximum absolute atomic E-state index is 14.6. The average molecular weight is 508 g/mol. The van der Waals surface area contributed by atoms with Crippen LogP contribution in [0.5, 0.6) is 0 Å². The molecule has 0 fully saturated rings. The Morgan fingerprint density at radius 1 is 0.947 bits per heavy atom. The van der Waals surface area contributed by atoms with E-state index in [9.17, 15) is 4.39 Å². The van der Waals surface area contributed by atoms with E-state index in [1.165, 1.54) is 12.1 Å². The summed E-state index contributed by atoms with van der Waals surface area (Å²) in [6.07, 6.45) is 7.10. The van der Waals surface area contributed by atoms with Crippen molar-refractivity contribution in [3.8, 4) is 33.8 Å². The fourth-order valence-corrected chi connectivity index (χ4v) is 4.52. The molecule has 3 N–H and O–H groups in total. The number of hydrogen-bond acceptors (Lipinski definition) is 7. The van der Waals surface area contributed by atoms with Gasteiger partial charge in [0, 0.05) is 60.3 Å². The summed E-state index contributed by atoms with van der Waals surface area (Å²) in [5.74, 6) is 0.229. The van der Waals surface area contributed by atoms with Gasteiger partial charge in [0.2, 0.25) is 0 Å². The largest absolute Gasteiger partial charge is 0.384 e. The molecule has 190 valence electrons. The van der Waals surface area contributed by atoms with Crippen LogP contribution in [-0.2, 0) is 0 Å². The number of fused-ring (bicyclic) bond motifs is 2. The molecule has 0 aliphatic heterocycles. The monoisotopic (exact) mass is 507 g/mol. The minimum absolute atomic E-state index is 0.321. The molecule has 0 amide bonds. The first-order valence-corrected chi connectivity index (χ1v) is 12.3. The van der Waals surface area contributed by atoms with Crippen molar-refractivity contribution in [3.63, 3.8) is 0 Å². The third-order valence-corrected chi connectivity index (χ3v) is 6.47. The number of H-pyrrole nitrogens is 2. The van der Waals surface area contributed by atoms with Crippen LogP contribution in [0.2, 0.25) is 0 Å². The second kappa shape index (κ2) is 9.64. The molecule has 0 atom stereocenters. The van der Waals surface area contributed by atoms with Crippen molar-refractivity contribution in [2.75, 3.05) is 32.5 Å². The standard InChI is InChI=1S/C28H26FN9/c1-16-4-6-30-15-23(16)18-12-22-25(36-37-26(22)33-14-18)28-34-24-21(5-7-32-27(24)35-28)17-10-19(29)13-20(11-17)31-8-9-38(2)3/h4-7,10-15,31H,8-9H2,1-3H3,(H,32,34,35)(H,33,36,37). The van der Waals surface area contributed by atoms with Gasteiger partial charge in [0.15, 0.2) is 17.1 Å². The molecule has 9 nitrogen and oxygen atoms in total. The summed E-state index contributed by atoms with van der Waals surface area (Å²) < 4.78 is 14.6. The zero-order valence-corrected chi connectivity index (χ0v) is 21.2. The Labute approximate surface area is 218 Å². The van der Waals surface area contributed by atoms with Gasteiger partial charge in [0.25, 0.3) is 0 Å². The molecule has 10 heteroatoms. The van der Waals surface area contributed by atoms with Gasteiger partial charge >= 0.3 is 0 Å². The molecule has 0 saturated carbocycles. The van der Waals surface area contributed by atoms with Crippen LogP contribution in [-0.4, -0.2) is 67.2 Å². The predicted octanol–water partition coefficient (Wildman–Crippen LogP) is 5.05. The molecule has 0 bridgehead atoms. The Morgan fingerprint density at radius 3 is 2.68 bits per heavy atom. The number of halogens is 1. The highest BCUT2D eigenvalue weighted by atomic mass is 19.1. The molecule has 6 rings (SSSR count). The Morgan fingerprint density at radius 2 is 1.84 bits per heavy atom. The quantitative estimate of drug-likeness (QED) is 0.277. The van der Waals surface area contributed by atoms with E-state index in [4.69, 9.17) is 4.98 Å². The van der Waals surface area contributed by atoms with E-state index < -0.39 is 0 Å². The molecule has 0 saturated heterocycles. The van der Waals surface area contributed by atoms with Crippen molar-refractivity contribution in [2.45, 2.75) is 6.92 Å². The minimum atomic E-state index is -0.321. The normalized spacial score (nSPS) is 11.6. The van der Waals surface area contributed by atoms with Gasteiger partial charge in [-0.05, 0) is 68.5 Å². The number of nitrogens with one attached hydrogen (secondary N) is 3. The number of aromatic amines is 2. The number of benzene rings is 1. The topological polar surface area (TPSA) is 111 Å². The second-order valence-corrected chi connectivity index (χ2v) is 9.48. The maximum atomic E-state index is 14.6. The van der Waals surface area contributed by atoms with Crippen molar-refractivity contribution in [3.05, 3.63) is 72.6 Å². The number of aromatic nitrogens is 7. The highest BCUT2D eigenvalue weighted by molar-refractivity contribution is 5.96. The van der Waals surface area contributed by atoms with Gasteiger partial charge in [0.05, 0.1) is 5.39 Å². The van der Waals surface area contributed by atoms with Gasteiger partial charge in [-0.2, -0.15) is 5.10 Å². The lowest BCUT2D eigenvalue weighted by molar-refractivity contribution is 0.425. The first-order valence-electron chi connectivity index (χ1n) is 12.3. The lowest BCUT2D eigenvalue weighted by Crippen LogP contribution is -2.20. The number of imidazole rings is 1. The molecule has 0 spiro atoms. The summed E-state index contributed by atoms with van der Waals surface area (Å²) in [5, 5.41) is 11.6. The van der Waals surface area contributed by atoms with Gasteiger partial charge in [0.1, 0.15) is 17.0 Å². The highest BCUT2D eigenvalue weighted by Gasteiger charge is 2.18. The first kappa shape index (κ1) is 23.7. The van der Waals surface area contributed by atoms with Crippen LogP contribution in [0.25, 0.3) is 56.0 Å². The number of likely N-dealkylation sites (N-methyl/N-ethyl adjacent to an activating group) is 1. The SMILES string of the molecule is Cc1ccncc1-c1cnc2[nH]nc(-c3nc4c(-c5cc(F)cc(NCCN(C)C)c5)ccnc4[nH]3)c2c1. The van der Waals surface area contributed by atoms with Crippen LogP contribution in [0.3, 0.4) is 0 Å². The van der Waals surface area contributed by atoms with Crippen LogP contribution in [0.4, 0.5) is 10.1 Å². The summed E-state index contributed by atoms with van der Waals surface area (Å²) in [6, 6.07) is 10.8. The van der Waals surface area contributed by atoms with Gasteiger partial charge < -0.3 is 15.2 Å². The van der Waals surface area contributed by atoms with Crippen LogP contribution in [0, 0.1) is 12.7 Å². The number of hydrogen-bond donors (Lipinski definition) is 3. The summed E-state index contributed by atoms with van der Waals surface area (Å²) in [4.78, 5) is 23.5. The predicted molar refractivity (Wildman–Crippen MR) is 147 cm³/mol. The highest BCUT2D eigenvalue weighted by Crippen LogP contribution is 2.33. The smallest absolute Gasteiger partial charge is 0.161 e. The zero-order valence-electron chi connectivity index (χ0n) is 21.2. The summed E-state index contributed by atoms with van der Waals surface area (Å²) in [5.41, 5.74) is 7.76. The Kier molecular flexibility index (Phi) is 6.01. The number of aryl methyl sites for hydroxylation is 1. The average Bonchev–Trinajstić information content (AvgIpc) is 3.52. The number of nitrogens with zero attached hydrogens (tertiary/aromatic N) is 6. The number of rotatable bonds is 7. The van der Waals surface area contributed by atoms with Crippen molar-refractivity contribution < 1.29 is 4.39 Å². The molecule has 0 radical (unpaired) electrons. The van der Waals surface area contributed by atoms with Crippen molar-refractivity contribution in [1.29, 1.82) is 0 Å². The van der Waals surface area contributed by atoms with Crippen LogP contribution in [0.15, 0.2) is 61.2 Å². The molecular formula is C28H26FN9. The van der Waals surface area contributed by atoms with Gasteiger partial charge in [-0.25, -0.2) is 19.3 Å². The Bertz CT molecular complexity index is 1770. The van der Waals surface area contributed by atoms with E-state index in [1.54, 1.807) is 18.6 Å². The van der Waals surface area contributed by atoms with Crippen LogP contribution in [0.1, 0.15) is 5.56 Å². The molecular weight excluding hydrogens is 481 g/mol. The van der Waals surface area contributed by atoms with Crippen molar-refractivity contribution in [1.82, 2.24) is 40.0 Å². The summed E-state index contributed by atoms with van der Waals surface area (Å²) >= 11 is 0. The van der Waals surface area contributed by atoms with E-state index in [0.717, 1.165) is 34.2 Å². The minimum Gasteiger partial charge on any atom is -0.384 e. The van der Waals surface area contributed by atoms with Crippen LogP contribution < -0.4 is 5.32 Å². The van der Waals surface area contributed by atoms with Crippen molar-refractivity contribution in [2.24, 2.45) is 0 Å². The third-order valence-electron chi connectivity index (χ3n) is 6.47. The van der Waals surface area contributed by atoms with Crippen LogP contribution >= 0.6 is 0 Å². The molecule has 38 heavy (non-hydrogen) atoms. The first-order chi connectivity index (χ1) is 18.5. The van der Waals surface area contributed by atoms with Gasteiger partial charge in [-0.3, -0.25) is 10.1 Å². The molecule has 5 heterocycles. The maximum Gasteiger partial charge on any atom is 0.161 e. The van der Waals surface area contributed by atoms with Gasteiger partial charge in [-0.1, -0.05) is 0 Å². The molecule has 0 aliphatic rings. The van der Waals surface area contributed by atoms with E-state index in [2.05, 4.69) is 40.3 Å². The van der Waals surface area contributed by atoms with Crippen molar-refractivity contribution >= 4 is 27.9 Å². The third kappa shape index (κ3) is 4.46. The fourth-order valence-electron chi connectivity index (χ4n) is 4.52. The van der Waals surface area contributed by atoms with E-state index in [1.807, 2.05) is 51.5 Å². The number of anilines is 1. The molecule has 1 aromatic carbocycles. The molecule has 5 aromatic heterocycles. The van der Waals surface area contributed by atoms with E-state index in [-0.39, 0.29) is 5.82 Å². The molecule has 0 unspecified atom stereocenters. The Hall–Kier alpha value is -4.70. The second-order valence-electron chi connectivity index (χ2n) is 9.48. The molecule has 0 aliphatic carbocycles. The lowest BCUT2D eigenvalue weighted by atomic mass is 10.0. The fraction of sp³-hybridized carbons (Fsp3) is 0.179. The van der Waals surface area contributed by atoms with E-state index in [0.29, 0.717) is 46.1 Å². The summed E-state index contributed by atoms with van der Waals surface area (Å²) in [6.45, 7) is 3.58. The Balaban J connectivity index is 1.41. The zero-order chi connectivity index (χ0) is 26.2. The molecule has 6 aromatic rings. The van der Waals surface area contributed by atoms with Gasteiger partial charge in [-0.15, -0.1) is 0 Å².